The molecule has 0 aliphatic carbocycles. The quantitative estimate of drug-likeness (QED) is 0.0744. The second kappa shape index (κ2) is 24.2. The zero-order valence-electron chi connectivity index (χ0n) is 25.6. The maximum atomic E-state index is 11.0. The fourth-order valence-corrected chi connectivity index (χ4v) is 2.72. The number of benzene rings is 3. The zero-order valence-corrected chi connectivity index (χ0v) is 28.0. The maximum absolute atomic E-state index is 11.0. The highest BCUT2D eigenvalue weighted by Crippen LogP contribution is 2.04. The van der Waals surface area contributed by atoms with Crippen LogP contribution in [0.5, 0.6) is 0 Å². The van der Waals surface area contributed by atoms with Crippen molar-refractivity contribution >= 4 is 64.1 Å². The standard InChI is InChI=1S/C25H20N6O6.2C2H6OS.ClH.H2O/c32-22(33)19-7-1-16(2-8-19)13-26-29-25(30-27-14-17-3-9-20(10-4-17)23(34)35)31-28-15-18-5-11-21(12-6-18)24(36)37;2*1-4(2)3;;/h1-15H,(H,32,33)(H,34,35)(H,36,37)(H2,29,30,31);2*1-2H3;1H;1H2/b26-13+,27-14+,28-15+;;;;. The predicted molar refractivity (Wildman–Crippen MR) is 179 cm³/mol. The lowest BCUT2D eigenvalue weighted by Crippen LogP contribution is -3.00. The Morgan fingerprint density at radius 1 is 0.596 bits per heavy atom. The number of rotatable bonds is 9. The first-order valence-electron chi connectivity index (χ1n) is 12.5. The van der Waals surface area contributed by atoms with Gasteiger partial charge in [-0.3, -0.25) is 8.42 Å². The van der Waals surface area contributed by atoms with Crippen LogP contribution in [0.4, 0.5) is 0 Å². The van der Waals surface area contributed by atoms with E-state index in [0.29, 0.717) is 16.7 Å². The van der Waals surface area contributed by atoms with Crippen LogP contribution in [-0.2, 0) is 21.6 Å². The summed E-state index contributed by atoms with van der Waals surface area (Å²) in [6.45, 7) is 0. The molecule has 254 valence electrons. The first-order valence-corrected chi connectivity index (χ1v) is 16.5. The summed E-state index contributed by atoms with van der Waals surface area (Å²) in [5.41, 5.74) is 7.75. The third-order valence-corrected chi connectivity index (χ3v) is 4.64. The number of nitrogens with one attached hydrogen (secondary N) is 3. The summed E-state index contributed by atoms with van der Waals surface area (Å²) in [5.74, 6) is -2.94. The number of halogens is 1. The average Bonchev–Trinajstić information content (AvgIpc) is 2.97. The largest absolute Gasteiger partial charge is 1.00 e. The molecule has 3 aromatic carbocycles. The Kier molecular flexibility index (Phi) is 22.6. The highest BCUT2D eigenvalue weighted by atomic mass is 35.5. The molecule has 18 heteroatoms. The highest BCUT2D eigenvalue weighted by Gasteiger charge is 2.05. The van der Waals surface area contributed by atoms with Gasteiger partial charge in [0.25, 0.3) is 0 Å². The van der Waals surface area contributed by atoms with Crippen molar-refractivity contribution in [3.63, 3.8) is 0 Å². The molecule has 8 N–H and O–H groups in total. The highest BCUT2D eigenvalue weighted by molar-refractivity contribution is 7.83. The number of nitrogens with zero attached hydrogens (tertiary/aromatic N) is 3. The summed E-state index contributed by atoms with van der Waals surface area (Å²) >= 11 is 0. The minimum absolute atomic E-state index is 0. The van der Waals surface area contributed by atoms with Crippen LogP contribution in [-0.4, -0.2) is 96.7 Å². The Morgan fingerprint density at radius 3 is 1.11 bits per heavy atom. The molecule has 0 saturated carbocycles. The number of hydrazone groups is 3. The second-order valence-corrected chi connectivity index (χ2v) is 11.7. The molecule has 15 nitrogen and oxygen atoms in total. The minimum atomic E-state index is -1.03. The van der Waals surface area contributed by atoms with Gasteiger partial charge in [0.2, 0.25) is 0 Å². The van der Waals surface area contributed by atoms with Crippen molar-refractivity contribution in [2.24, 2.45) is 15.3 Å². The molecule has 0 bridgehead atoms. The van der Waals surface area contributed by atoms with Gasteiger partial charge in [0.15, 0.2) is 0 Å². The van der Waals surface area contributed by atoms with Gasteiger partial charge in [0.05, 0.1) is 35.3 Å². The zero-order chi connectivity index (χ0) is 33.8. The summed E-state index contributed by atoms with van der Waals surface area (Å²) in [6, 6.07) is 18.2. The van der Waals surface area contributed by atoms with Gasteiger partial charge in [-0.05, 0) is 53.1 Å². The summed E-state index contributed by atoms with van der Waals surface area (Å²) in [6.07, 6.45) is 10.9. The molecule has 0 aromatic heterocycles. The van der Waals surface area contributed by atoms with Crippen molar-refractivity contribution in [1.29, 1.82) is 0 Å². The number of hydrogen-bond donors (Lipinski definition) is 6. The smallest absolute Gasteiger partial charge is 0.415 e. The van der Waals surface area contributed by atoms with Crippen molar-refractivity contribution in [3.05, 3.63) is 106 Å². The monoisotopic (exact) mass is 710 g/mol. The van der Waals surface area contributed by atoms with Gasteiger partial charge in [0, 0.05) is 46.6 Å². The van der Waals surface area contributed by atoms with E-state index in [1.807, 2.05) is 0 Å². The molecule has 0 atom stereocenters. The molecule has 3 rings (SSSR count). The van der Waals surface area contributed by atoms with Crippen molar-refractivity contribution in [2.75, 3.05) is 25.0 Å². The third-order valence-electron chi connectivity index (χ3n) is 4.64. The normalized spacial score (nSPS) is 10.2. The number of aromatic carboxylic acids is 3. The van der Waals surface area contributed by atoms with E-state index < -0.39 is 39.5 Å². The van der Waals surface area contributed by atoms with Crippen molar-refractivity contribution in [2.45, 2.75) is 0 Å². The maximum Gasteiger partial charge on any atom is 0.415 e. The van der Waals surface area contributed by atoms with E-state index >= 15 is 0 Å². The molecule has 0 saturated heterocycles. The SMILES string of the molecule is CS(C)=O.CS(C)=O.O.O=C(O)c1ccc(/C=N/NC(N/N=C/c2ccc(C(=O)O)cc2)=[NH+]/N=C/c2ccc(C(=O)O)cc2)cc1.[Cl-]. The molecular formula is C29H35ClN6O9S2. The molecule has 47 heavy (non-hydrogen) atoms. The van der Waals surface area contributed by atoms with E-state index in [1.165, 1.54) is 55.0 Å². The Balaban J connectivity index is 0. The number of carbonyl (C=O) groups is 3. The number of guanidine groups is 1. The third kappa shape index (κ3) is 20.5. The Labute approximate surface area is 281 Å². The number of carboxylic acids is 3. The topological polar surface area (TPSA) is 253 Å². The van der Waals surface area contributed by atoms with Crippen molar-refractivity contribution in [3.8, 4) is 0 Å². The van der Waals surface area contributed by atoms with Gasteiger partial charge in [-0.1, -0.05) is 36.4 Å². The summed E-state index contributed by atoms with van der Waals surface area (Å²) in [4.78, 5) is 32.9. The van der Waals surface area contributed by atoms with Crippen LogP contribution in [0.3, 0.4) is 0 Å². The van der Waals surface area contributed by atoms with E-state index in [-0.39, 0.29) is 40.5 Å². The molecule has 0 amide bonds. The lowest BCUT2D eigenvalue weighted by molar-refractivity contribution is -0.466. The molecule has 0 aliphatic rings. The predicted octanol–water partition coefficient (Wildman–Crippen LogP) is -3.03. The van der Waals surface area contributed by atoms with Crippen molar-refractivity contribution < 1.29 is 61.1 Å². The molecule has 0 radical (unpaired) electrons. The van der Waals surface area contributed by atoms with Crippen LogP contribution in [0, 0.1) is 0 Å². The fraction of sp³-hybridized carbons (Fsp3) is 0.138. The van der Waals surface area contributed by atoms with E-state index in [4.69, 9.17) is 15.3 Å². The van der Waals surface area contributed by atoms with Gasteiger partial charge in [0.1, 0.15) is 0 Å². The Morgan fingerprint density at radius 2 is 0.851 bits per heavy atom. The minimum Gasteiger partial charge on any atom is -1.00 e. The lowest BCUT2D eigenvalue weighted by Gasteiger charge is -1.98. The van der Waals surface area contributed by atoms with Crippen LogP contribution >= 0.6 is 0 Å². The van der Waals surface area contributed by atoms with Gasteiger partial charge < -0.3 is 33.2 Å². The summed E-state index contributed by atoms with van der Waals surface area (Å²) in [7, 11) is -1.22. The molecule has 0 fully saturated rings. The first kappa shape index (κ1) is 44.0. The molecular weight excluding hydrogens is 676 g/mol. The summed E-state index contributed by atoms with van der Waals surface area (Å²) < 4.78 is 19.1. The van der Waals surface area contributed by atoms with E-state index in [1.54, 1.807) is 61.4 Å². The number of hydrogen-bond acceptors (Lipinski definition) is 8. The van der Waals surface area contributed by atoms with E-state index in [2.05, 4.69) is 31.3 Å². The second-order valence-electron chi connectivity index (χ2n) is 8.75. The molecule has 0 heterocycles. The van der Waals surface area contributed by atoms with Crippen LogP contribution in [0.15, 0.2) is 88.1 Å². The Bertz CT molecular complexity index is 1510. The lowest BCUT2D eigenvalue weighted by atomic mass is 10.1. The van der Waals surface area contributed by atoms with E-state index in [9.17, 15) is 22.8 Å². The van der Waals surface area contributed by atoms with Gasteiger partial charge in [-0.25, -0.2) is 14.4 Å². The van der Waals surface area contributed by atoms with Gasteiger partial charge in [-0.2, -0.15) is 16.0 Å². The van der Waals surface area contributed by atoms with E-state index in [0.717, 1.165) is 0 Å². The number of carboxylic acid groups (broad SMARTS) is 3. The molecule has 3 aromatic rings. The molecule has 0 unspecified atom stereocenters. The Hall–Kier alpha value is -5.10. The van der Waals surface area contributed by atoms with Gasteiger partial charge in [-0.15, -0.1) is 15.3 Å². The van der Waals surface area contributed by atoms with Crippen molar-refractivity contribution in [1.82, 2.24) is 10.9 Å². The summed E-state index contributed by atoms with van der Waals surface area (Å²) in [5, 5.41) is 41.8. The fourth-order valence-electron chi connectivity index (χ4n) is 2.72. The first-order chi connectivity index (χ1) is 21.3. The van der Waals surface area contributed by atoms with Crippen LogP contribution < -0.4 is 28.4 Å². The molecule has 0 aliphatic heterocycles. The average molecular weight is 711 g/mol. The van der Waals surface area contributed by atoms with Crippen LogP contribution in [0.2, 0.25) is 0 Å². The van der Waals surface area contributed by atoms with Crippen LogP contribution in [0.1, 0.15) is 47.8 Å². The molecule has 0 spiro atoms. The van der Waals surface area contributed by atoms with Crippen LogP contribution in [0.25, 0.3) is 0 Å². The van der Waals surface area contributed by atoms with Gasteiger partial charge >= 0.3 is 23.9 Å².